The van der Waals surface area contributed by atoms with Crippen molar-refractivity contribution < 1.29 is 14.7 Å². The van der Waals surface area contributed by atoms with Crippen LogP contribution in [0.4, 0.5) is 4.79 Å². The predicted molar refractivity (Wildman–Crippen MR) is 69.4 cm³/mol. The van der Waals surface area contributed by atoms with Gasteiger partial charge in [-0.3, -0.25) is 0 Å². The van der Waals surface area contributed by atoms with Crippen molar-refractivity contribution in [1.82, 2.24) is 10.2 Å². The highest BCUT2D eigenvalue weighted by molar-refractivity contribution is 5.83. The summed E-state index contributed by atoms with van der Waals surface area (Å²) in [6, 6.07) is -0.829. The maximum atomic E-state index is 12.1. The van der Waals surface area contributed by atoms with Crippen LogP contribution in [0.15, 0.2) is 0 Å². The maximum Gasteiger partial charge on any atom is 0.326 e. The molecule has 2 amide bonds. The second-order valence-corrected chi connectivity index (χ2v) is 5.45. The van der Waals surface area contributed by atoms with Crippen molar-refractivity contribution in [1.29, 1.82) is 0 Å². The third kappa shape index (κ3) is 3.15. The molecule has 0 aromatic rings. The van der Waals surface area contributed by atoms with E-state index in [1.807, 2.05) is 13.8 Å². The molecule has 3 atom stereocenters. The molecule has 0 saturated carbocycles. The van der Waals surface area contributed by atoms with Gasteiger partial charge in [-0.1, -0.05) is 27.7 Å². The molecule has 1 saturated heterocycles. The molecule has 0 spiro atoms. The van der Waals surface area contributed by atoms with Crippen LogP contribution in [0.2, 0.25) is 0 Å². The van der Waals surface area contributed by atoms with Gasteiger partial charge in [0.1, 0.15) is 6.04 Å². The molecule has 1 rings (SSSR count). The topological polar surface area (TPSA) is 69.6 Å². The molecule has 0 aromatic carbocycles. The van der Waals surface area contributed by atoms with Gasteiger partial charge in [0.25, 0.3) is 0 Å². The largest absolute Gasteiger partial charge is 0.480 e. The molecule has 0 aliphatic carbocycles. The van der Waals surface area contributed by atoms with Gasteiger partial charge in [0.15, 0.2) is 0 Å². The molecule has 1 aliphatic rings. The van der Waals surface area contributed by atoms with E-state index in [4.69, 9.17) is 0 Å². The Bertz CT molecular complexity index is 317. The Morgan fingerprint density at radius 2 is 2.06 bits per heavy atom. The Kier molecular flexibility index (Phi) is 4.99. The average molecular weight is 256 g/mol. The first-order chi connectivity index (χ1) is 8.38. The van der Waals surface area contributed by atoms with Crippen LogP contribution in [0.3, 0.4) is 0 Å². The molecule has 0 aromatic heterocycles. The van der Waals surface area contributed by atoms with Gasteiger partial charge < -0.3 is 15.3 Å². The van der Waals surface area contributed by atoms with Crippen molar-refractivity contribution >= 4 is 12.0 Å². The van der Waals surface area contributed by atoms with Gasteiger partial charge in [-0.25, -0.2) is 9.59 Å². The maximum absolute atomic E-state index is 12.1. The molecular weight excluding hydrogens is 232 g/mol. The number of hydrogen-bond donors (Lipinski definition) is 2. The van der Waals surface area contributed by atoms with Gasteiger partial charge in [0, 0.05) is 12.6 Å². The Morgan fingerprint density at radius 1 is 1.44 bits per heavy atom. The van der Waals surface area contributed by atoms with E-state index in [9.17, 15) is 14.7 Å². The Morgan fingerprint density at radius 3 is 2.50 bits per heavy atom. The molecular formula is C13H24N2O3. The van der Waals surface area contributed by atoms with E-state index in [0.717, 1.165) is 12.8 Å². The molecule has 104 valence electrons. The Balaban J connectivity index is 2.69. The first-order valence-electron chi connectivity index (χ1n) is 6.68. The fourth-order valence-electron chi connectivity index (χ4n) is 2.53. The van der Waals surface area contributed by atoms with Crippen LogP contribution in [0.5, 0.6) is 0 Å². The highest BCUT2D eigenvalue weighted by Crippen LogP contribution is 2.24. The molecule has 1 fully saturated rings. The fraction of sp³-hybridized carbons (Fsp3) is 0.846. The summed E-state index contributed by atoms with van der Waals surface area (Å²) in [7, 11) is 0. The molecule has 1 heterocycles. The number of urea groups is 1. The van der Waals surface area contributed by atoms with Gasteiger partial charge in [-0.2, -0.15) is 0 Å². The number of nitrogens with one attached hydrogen (secondary N) is 1. The zero-order valence-corrected chi connectivity index (χ0v) is 11.6. The van der Waals surface area contributed by atoms with Crippen molar-refractivity contribution in [3.63, 3.8) is 0 Å². The first kappa shape index (κ1) is 14.8. The van der Waals surface area contributed by atoms with Crippen LogP contribution in [0, 0.1) is 11.8 Å². The first-order valence-corrected chi connectivity index (χ1v) is 6.68. The predicted octanol–water partition coefficient (Wildman–Crippen LogP) is 1.93. The quantitative estimate of drug-likeness (QED) is 0.807. The lowest BCUT2D eigenvalue weighted by atomic mass is 10.0. The van der Waals surface area contributed by atoms with Gasteiger partial charge in [0.05, 0.1) is 0 Å². The number of carboxylic acids is 1. The number of carboxylic acid groups (broad SMARTS) is 1. The van der Waals surface area contributed by atoms with E-state index in [-0.39, 0.29) is 18.0 Å². The number of nitrogens with zero attached hydrogens (tertiary/aromatic N) is 1. The Labute approximate surface area is 109 Å². The zero-order valence-electron chi connectivity index (χ0n) is 11.6. The number of carbonyl (C=O) groups is 2. The van der Waals surface area contributed by atoms with E-state index in [2.05, 4.69) is 19.2 Å². The smallest absolute Gasteiger partial charge is 0.326 e. The lowest BCUT2D eigenvalue weighted by Gasteiger charge is -2.28. The minimum atomic E-state index is -0.909. The normalized spacial score (nSPS) is 25.3. The second-order valence-electron chi connectivity index (χ2n) is 5.45. The molecule has 5 heteroatoms. The second kappa shape index (κ2) is 6.07. The van der Waals surface area contributed by atoms with Crippen LogP contribution < -0.4 is 5.32 Å². The summed E-state index contributed by atoms with van der Waals surface area (Å²) in [5, 5.41) is 12.1. The van der Waals surface area contributed by atoms with Crippen molar-refractivity contribution in [3.8, 4) is 0 Å². The van der Waals surface area contributed by atoms with Gasteiger partial charge in [-0.05, 0) is 24.7 Å². The lowest BCUT2D eigenvalue weighted by Crippen LogP contribution is -2.51. The van der Waals surface area contributed by atoms with Gasteiger partial charge in [-0.15, -0.1) is 0 Å². The van der Waals surface area contributed by atoms with E-state index < -0.39 is 12.0 Å². The SMILES string of the molecule is CCC(NC(=O)N1CCC(C)C1C(=O)O)C(C)C. The van der Waals surface area contributed by atoms with E-state index in [1.165, 1.54) is 4.90 Å². The van der Waals surface area contributed by atoms with Crippen molar-refractivity contribution in [2.24, 2.45) is 11.8 Å². The van der Waals surface area contributed by atoms with Crippen LogP contribution in [0.25, 0.3) is 0 Å². The summed E-state index contributed by atoms with van der Waals surface area (Å²) in [5.41, 5.74) is 0. The van der Waals surface area contributed by atoms with Crippen LogP contribution in [0.1, 0.15) is 40.5 Å². The molecule has 0 radical (unpaired) electrons. The minimum absolute atomic E-state index is 0.0207. The van der Waals surface area contributed by atoms with E-state index in [1.54, 1.807) is 0 Å². The number of rotatable bonds is 4. The summed E-state index contributed by atoms with van der Waals surface area (Å²) in [4.78, 5) is 24.8. The van der Waals surface area contributed by atoms with E-state index in [0.29, 0.717) is 12.5 Å². The summed E-state index contributed by atoms with van der Waals surface area (Å²) >= 11 is 0. The minimum Gasteiger partial charge on any atom is -0.480 e. The molecule has 0 bridgehead atoms. The average Bonchev–Trinajstić information content (AvgIpc) is 2.67. The van der Waals surface area contributed by atoms with E-state index >= 15 is 0 Å². The highest BCUT2D eigenvalue weighted by Gasteiger charge is 2.39. The molecule has 18 heavy (non-hydrogen) atoms. The zero-order chi connectivity index (χ0) is 13.9. The van der Waals surface area contributed by atoms with Crippen molar-refractivity contribution in [2.45, 2.75) is 52.6 Å². The standard InChI is InChI=1S/C13H24N2O3/c1-5-10(8(2)3)14-13(18)15-7-6-9(4)11(15)12(16)17/h8-11H,5-7H2,1-4H3,(H,14,18)(H,16,17). The van der Waals surface area contributed by atoms with Gasteiger partial charge in [0.2, 0.25) is 0 Å². The summed E-state index contributed by atoms with van der Waals surface area (Å²) in [6.07, 6.45) is 1.60. The Hall–Kier alpha value is -1.26. The molecule has 3 unspecified atom stereocenters. The third-order valence-electron chi connectivity index (χ3n) is 3.77. The molecule has 5 nitrogen and oxygen atoms in total. The van der Waals surface area contributed by atoms with Crippen LogP contribution in [-0.4, -0.2) is 40.6 Å². The third-order valence-corrected chi connectivity index (χ3v) is 3.77. The van der Waals surface area contributed by atoms with Crippen molar-refractivity contribution in [3.05, 3.63) is 0 Å². The van der Waals surface area contributed by atoms with Gasteiger partial charge >= 0.3 is 12.0 Å². The summed E-state index contributed by atoms with van der Waals surface area (Å²) in [5.74, 6) is -0.539. The lowest BCUT2D eigenvalue weighted by molar-refractivity contribution is -0.142. The molecule has 2 N–H and O–H groups in total. The number of hydrogen-bond acceptors (Lipinski definition) is 2. The van der Waals surface area contributed by atoms with Crippen LogP contribution in [-0.2, 0) is 4.79 Å². The monoisotopic (exact) mass is 256 g/mol. The number of aliphatic carboxylic acids is 1. The van der Waals surface area contributed by atoms with Crippen LogP contribution >= 0.6 is 0 Å². The highest BCUT2D eigenvalue weighted by atomic mass is 16.4. The molecule has 1 aliphatic heterocycles. The summed E-state index contributed by atoms with van der Waals surface area (Å²) in [6.45, 7) is 8.53. The number of likely N-dealkylation sites (tertiary alicyclic amines) is 1. The van der Waals surface area contributed by atoms with Crippen molar-refractivity contribution in [2.75, 3.05) is 6.54 Å². The fourth-order valence-corrected chi connectivity index (χ4v) is 2.53. The number of amides is 2. The summed E-state index contributed by atoms with van der Waals surface area (Å²) < 4.78 is 0. The number of carbonyl (C=O) groups excluding carboxylic acids is 1.